The highest BCUT2D eigenvalue weighted by molar-refractivity contribution is 7.79. The van der Waals surface area contributed by atoms with Crippen LogP contribution in [0.3, 0.4) is 0 Å². The van der Waals surface area contributed by atoms with Gasteiger partial charge >= 0.3 is 0 Å². The first-order valence-corrected chi connectivity index (χ1v) is 5.76. The molecule has 0 fully saturated rings. The zero-order valence-corrected chi connectivity index (χ0v) is 9.12. The van der Waals surface area contributed by atoms with E-state index in [1.807, 2.05) is 6.07 Å². The summed E-state index contributed by atoms with van der Waals surface area (Å²) in [6.45, 7) is 1.58. The molecule has 2 atom stereocenters. The normalized spacial score (nSPS) is 14.3. The predicted molar refractivity (Wildman–Crippen MR) is 58.0 cm³/mol. The molecular formula is C10H12NO3S-. The van der Waals surface area contributed by atoms with Crippen molar-refractivity contribution in [2.75, 3.05) is 11.1 Å². The SMILES string of the molecule is C[C@@H](CS(=O)[O-])C(=O)Nc1ccccc1. The monoisotopic (exact) mass is 226 g/mol. The van der Waals surface area contributed by atoms with Crippen LogP contribution in [0.1, 0.15) is 6.92 Å². The molecule has 1 aromatic carbocycles. The van der Waals surface area contributed by atoms with E-state index in [0.717, 1.165) is 0 Å². The van der Waals surface area contributed by atoms with Crippen LogP contribution in [0, 0.1) is 5.92 Å². The molecule has 0 heterocycles. The Balaban J connectivity index is 2.52. The molecule has 5 heteroatoms. The van der Waals surface area contributed by atoms with Gasteiger partial charge in [-0.1, -0.05) is 36.2 Å². The first-order valence-electron chi connectivity index (χ1n) is 4.51. The van der Waals surface area contributed by atoms with Crippen molar-refractivity contribution in [1.82, 2.24) is 0 Å². The van der Waals surface area contributed by atoms with Crippen molar-refractivity contribution in [1.29, 1.82) is 0 Å². The lowest BCUT2D eigenvalue weighted by Crippen LogP contribution is -2.24. The fraction of sp³-hybridized carbons (Fsp3) is 0.300. The Morgan fingerprint density at radius 2 is 2.07 bits per heavy atom. The Hall–Kier alpha value is -1.20. The summed E-state index contributed by atoms with van der Waals surface area (Å²) >= 11 is -2.19. The van der Waals surface area contributed by atoms with Gasteiger partial charge in [0.1, 0.15) is 0 Å². The highest BCUT2D eigenvalue weighted by atomic mass is 32.2. The van der Waals surface area contributed by atoms with E-state index in [9.17, 15) is 13.6 Å². The highest BCUT2D eigenvalue weighted by Crippen LogP contribution is 2.08. The molecule has 0 aromatic heterocycles. The van der Waals surface area contributed by atoms with Crippen LogP contribution in [0.2, 0.25) is 0 Å². The minimum absolute atomic E-state index is 0.154. The van der Waals surface area contributed by atoms with Crippen molar-refractivity contribution in [3.05, 3.63) is 30.3 Å². The largest absolute Gasteiger partial charge is 0.772 e. The Bertz CT molecular complexity index is 353. The standard InChI is InChI=1S/C10H13NO3S/c1-8(7-15(13)14)10(12)11-9-5-3-2-4-6-9/h2-6,8H,7H2,1H3,(H,11,12)(H,13,14)/p-1/t8-/m0/s1. The zero-order chi connectivity index (χ0) is 11.3. The molecule has 4 nitrogen and oxygen atoms in total. The summed E-state index contributed by atoms with van der Waals surface area (Å²) in [5.41, 5.74) is 0.672. The second kappa shape index (κ2) is 5.63. The number of nitrogens with one attached hydrogen (secondary N) is 1. The number of hydrogen-bond donors (Lipinski definition) is 1. The van der Waals surface area contributed by atoms with Crippen molar-refractivity contribution in [3.63, 3.8) is 0 Å². The Morgan fingerprint density at radius 1 is 1.47 bits per heavy atom. The third kappa shape index (κ3) is 4.22. The molecule has 0 aliphatic rings. The van der Waals surface area contributed by atoms with Crippen molar-refractivity contribution >= 4 is 22.7 Å². The van der Waals surface area contributed by atoms with Crippen LogP contribution >= 0.6 is 0 Å². The van der Waals surface area contributed by atoms with Gasteiger partial charge in [-0.15, -0.1) is 0 Å². The number of benzene rings is 1. The van der Waals surface area contributed by atoms with Gasteiger partial charge in [-0.3, -0.25) is 9.00 Å². The summed E-state index contributed by atoms with van der Waals surface area (Å²) in [5.74, 6) is -0.979. The Kier molecular flexibility index (Phi) is 4.45. The van der Waals surface area contributed by atoms with Crippen molar-refractivity contribution in [2.45, 2.75) is 6.92 Å². The molecule has 1 amide bonds. The fourth-order valence-electron chi connectivity index (χ4n) is 1.07. The van der Waals surface area contributed by atoms with Gasteiger partial charge in [0.05, 0.1) is 0 Å². The molecule has 1 N–H and O–H groups in total. The highest BCUT2D eigenvalue weighted by Gasteiger charge is 2.12. The van der Waals surface area contributed by atoms with Crippen LogP contribution < -0.4 is 5.32 Å². The second-order valence-electron chi connectivity index (χ2n) is 3.23. The number of carbonyl (C=O) groups is 1. The van der Waals surface area contributed by atoms with Crippen LogP contribution in [0.4, 0.5) is 5.69 Å². The topological polar surface area (TPSA) is 69.2 Å². The van der Waals surface area contributed by atoms with Gasteiger partial charge < -0.3 is 9.87 Å². The quantitative estimate of drug-likeness (QED) is 0.783. The Morgan fingerprint density at radius 3 is 2.60 bits per heavy atom. The van der Waals surface area contributed by atoms with E-state index < -0.39 is 17.0 Å². The number of carbonyl (C=O) groups excluding carboxylic acids is 1. The van der Waals surface area contributed by atoms with E-state index in [0.29, 0.717) is 5.69 Å². The van der Waals surface area contributed by atoms with Crippen LogP contribution in [0.25, 0.3) is 0 Å². The summed E-state index contributed by atoms with van der Waals surface area (Å²) in [5, 5.41) is 2.63. The maximum Gasteiger partial charge on any atom is 0.228 e. The minimum atomic E-state index is -2.19. The average Bonchev–Trinajstić information content (AvgIpc) is 2.18. The lowest BCUT2D eigenvalue weighted by molar-refractivity contribution is -0.118. The van der Waals surface area contributed by atoms with E-state index in [-0.39, 0.29) is 11.7 Å². The number of rotatable bonds is 4. The molecule has 0 saturated heterocycles. The molecule has 0 spiro atoms. The molecule has 82 valence electrons. The van der Waals surface area contributed by atoms with Gasteiger partial charge in [-0.05, 0) is 12.1 Å². The molecule has 0 aliphatic carbocycles. The summed E-state index contributed by atoms with van der Waals surface area (Å²) < 4.78 is 20.8. The van der Waals surface area contributed by atoms with Gasteiger partial charge in [0.15, 0.2) is 0 Å². The van der Waals surface area contributed by atoms with Crippen LogP contribution in [0.15, 0.2) is 30.3 Å². The third-order valence-corrected chi connectivity index (χ3v) is 2.65. The summed E-state index contributed by atoms with van der Waals surface area (Å²) in [7, 11) is 0. The summed E-state index contributed by atoms with van der Waals surface area (Å²) in [6, 6.07) is 8.93. The molecule has 1 rings (SSSR count). The first-order chi connectivity index (χ1) is 7.09. The number of amides is 1. The fourth-order valence-corrected chi connectivity index (χ4v) is 1.63. The van der Waals surface area contributed by atoms with Gasteiger partial charge in [0, 0.05) is 17.4 Å². The van der Waals surface area contributed by atoms with Gasteiger partial charge in [-0.2, -0.15) is 0 Å². The van der Waals surface area contributed by atoms with E-state index in [1.54, 1.807) is 31.2 Å². The summed E-state index contributed by atoms with van der Waals surface area (Å²) in [6.07, 6.45) is 0. The van der Waals surface area contributed by atoms with Crippen molar-refractivity contribution in [2.24, 2.45) is 5.92 Å². The van der Waals surface area contributed by atoms with Crippen molar-refractivity contribution < 1.29 is 13.6 Å². The number of anilines is 1. The maximum absolute atomic E-state index is 11.5. The van der Waals surface area contributed by atoms with E-state index in [1.165, 1.54) is 0 Å². The molecular weight excluding hydrogens is 214 g/mol. The van der Waals surface area contributed by atoms with Gasteiger partial charge in [-0.25, -0.2) is 0 Å². The third-order valence-electron chi connectivity index (χ3n) is 1.87. The molecule has 15 heavy (non-hydrogen) atoms. The molecule has 0 radical (unpaired) electrons. The predicted octanol–water partition coefficient (Wildman–Crippen LogP) is 1.14. The van der Waals surface area contributed by atoms with Crippen LogP contribution in [-0.2, 0) is 15.9 Å². The first kappa shape index (κ1) is 11.9. The smallest absolute Gasteiger partial charge is 0.228 e. The van der Waals surface area contributed by atoms with E-state index in [4.69, 9.17) is 0 Å². The Labute approximate surface area is 91.0 Å². The number of hydrogen-bond acceptors (Lipinski definition) is 3. The maximum atomic E-state index is 11.5. The molecule has 1 unspecified atom stereocenters. The molecule has 1 aromatic rings. The van der Waals surface area contributed by atoms with Crippen LogP contribution in [-0.4, -0.2) is 20.4 Å². The molecule has 0 aliphatic heterocycles. The second-order valence-corrected chi connectivity index (χ2v) is 4.17. The zero-order valence-electron chi connectivity index (χ0n) is 8.30. The van der Waals surface area contributed by atoms with Gasteiger partial charge in [0.2, 0.25) is 5.91 Å². The van der Waals surface area contributed by atoms with E-state index >= 15 is 0 Å². The van der Waals surface area contributed by atoms with E-state index in [2.05, 4.69) is 5.32 Å². The summed E-state index contributed by atoms with van der Waals surface area (Å²) in [4.78, 5) is 11.5. The van der Waals surface area contributed by atoms with Gasteiger partial charge in [0.25, 0.3) is 0 Å². The minimum Gasteiger partial charge on any atom is -0.772 e. The average molecular weight is 226 g/mol. The lowest BCUT2D eigenvalue weighted by atomic mass is 10.2. The molecule has 0 saturated carbocycles. The van der Waals surface area contributed by atoms with Crippen LogP contribution in [0.5, 0.6) is 0 Å². The van der Waals surface area contributed by atoms with Crippen molar-refractivity contribution in [3.8, 4) is 0 Å². The molecule has 0 bridgehead atoms. The lowest BCUT2D eigenvalue weighted by Gasteiger charge is -2.13. The number of para-hydroxylation sites is 1.